The topological polar surface area (TPSA) is 38.8 Å². The van der Waals surface area contributed by atoms with Gasteiger partial charge in [0.05, 0.1) is 14.2 Å². The van der Waals surface area contributed by atoms with E-state index in [1.54, 1.807) is 21.1 Å². The van der Waals surface area contributed by atoms with Crippen LogP contribution >= 0.6 is 0 Å². The zero-order valence-electron chi connectivity index (χ0n) is 14.6. The number of nitrogens with zero attached hydrogens (tertiary/aromatic N) is 1. The number of benzene rings is 1. The molecular formula is C19H27NO3. The highest BCUT2D eigenvalue weighted by atomic mass is 16.5. The van der Waals surface area contributed by atoms with E-state index in [4.69, 9.17) is 9.47 Å². The lowest BCUT2D eigenvalue weighted by Gasteiger charge is -2.46. The molecule has 0 bridgehead atoms. The summed E-state index contributed by atoms with van der Waals surface area (Å²) in [6, 6.07) is 4.56. The summed E-state index contributed by atoms with van der Waals surface area (Å²) < 4.78 is 10.9. The van der Waals surface area contributed by atoms with Crippen molar-refractivity contribution in [3.05, 3.63) is 23.3 Å². The number of rotatable bonds is 4. The highest BCUT2D eigenvalue weighted by molar-refractivity contribution is 5.79. The van der Waals surface area contributed by atoms with E-state index in [0.717, 1.165) is 43.9 Å². The number of Topliss-reactive ketones (excluding diaryl/α,β-unsaturated/α-hetero) is 1. The number of ether oxygens (including phenoxy) is 2. The van der Waals surface area contributed by atoms with Crippen molar-refractivity contribution in [1.82, 2.24) is 4.90 Å². The van der Waals surface area contributed by atoms with Crippen LogP contribution in [0.15, 0.2) is 12.1 Å². The fraction of sp³-hybridized carbons (Fsp3) is 0.632. The summed E-state index contributed by atoms with van der Waals surface area (Å²) in [7, 11) is 3.36. The molecule has 2 aliphatic heterocycles. The molecule has 2 aliphatic rings. The third-order valence-corrected chi connectivity index (χ3v) is 5.68. The Bertz CT molecular complexity index is 599. The molecule has 23 heavy (non-hydrogen) atoms. The summed E-state index contributed by atoms with van der Waals surface area (Å²) in [4.78, 5) is 14.7. The van der Waals surface area contributed by atoms with Crippen molar-refractivity contribution < 1.29 is 14.3 Å². The summed E-state index contributed by atoms with van der Waals surface area (Å²) in [5, 5.41) is 0. The van der Waals surface area contributed by atoms with E-state index in [0.29, 0.717) is 17.7 Å². The molecule has 1 aromatic rings. The summed E-state index contributed by atoms with van der Waals surface area (Å²) in [6.45, 7) is 6.04. The van der Waals surface area contributed by atoms with Gasteiger partial charge in [-0.3, -0.25) is 9.69 Å². The zero-order chi connectivity index (χ0) is 16.6. The predicted octanol–water partition coefficient (Wildman–Crippen LogP) is 3.24. The van der Waals surface area contributed by atoms with Gasteiger partial charge in [0, 0.05) is 25.0 Å². The van der Waals surface area contributed by atoms with Crippen LogP contribution in [0, 0.1) is 11.8 Å². The average molecular weight is 317 g/mol. The van der Waals surface area contributed by atoms with Crippen LogP contribution in [-0.2, 0) is 11.2 Å². The Labute approximate surface area is 138 Å². The molecule has 3 rings (SSSR count). The van der Waals surface area contributed by atoms with Crippen LogP contribution in [0.25, 0.3) is 0 Å². The molecule has 0 aliphatic carbocycles. The van der Waals surface area contributed by atoms with Crippen molar-refractivity contribution in [3.63, 3.8) is 0 Å². The first-order valence-corrected chi connectivity index (χ1v) is 8.58. The van der Waals surface area contributed by atoms with E-state index in [9.17, 15) is 4.79 Å². The van der Waals surface area contributed by atoms with Gasteiger partial charge in [-0.1, -0.05) is 13.3 Å². The van der Waals surface area contributed by atoms with Crippen molar-refractivity contribution in [2.45, 2.75) is 39.2 Å². The first kappa shape index (κ1) is 16.3. The highest BCUT2D eigenvalue weighted by Gasteiger charge is 2.40. The SMILES string of the molecule is CCC1CN2CCc3cc(OC)c(OC)cc3C2CC1C(C)=O. The van der Waals surface area contributed by atoms with E-state index in [-0.39, 0.29) is 5.92 Å². The summed E-state index contributed by atoms with van der Waals surface area (Å²) >= 11 is 0. The normalized spacial score (nSPS) is 27.0. The van der Waals surface area contributed by atoms with E-state index < -0.39 is 0 Å². The molecule has 3 atom stereocenters. The van der Waals surface area contributed by atoms with E-state index >= 15 is 0 Å². The minimum absolute atomic E-state index is 0.181. The van der Waals surface area contributed by atoms with Gasteiger partial charge < -0.3 is 9.47 Å². The Morgan fingerprint density at radius 1 is 1.26 bits per heavy atom. The number of fused-ring (bicyclic) bond motifs is 3. The van der Waals surface area contributed by atoms with Crippen molar-refractivity contribution in [3.8, 4) is 11.5 Å². The molecule has 4 nitrogen and oxygen atoms in total. The zero-order valence-corrected chi connectivity index (χ0v) is 14.6. The van der Waals surface area contributed by atoms with Crippen molar-refractivity contribution >= 4 is 5.78 Å². The van der Waals surface area contributed by atoms with Gasteiger partial charge in [0.25, 0.3) is 0 Å². The van der Waals surface area contributed by atoms with E-state index in [1.165, 1.54) is 11.1 Å². The Morgan fingerprint density at radius 2 is 1.96 bits per heavy atom. The van der Waals surface area contributed by atoms with Gasteiger partial charge in [-0.05, 0) is 48.9 Å². The second-order valence-electron chi connectivity index (χ2n) is 6.79. The first-order valence-electron chi connectivity index (χ1n) is 8.58. The molecule has 0 radical (unpaired) electrons. The molecule has 0 amide bonds. The maximum Gasteiger partial charge on any atom is 0.161 e. The Hall–Kier alpha value is -1.55. The molecule has 2 heterocycles. The van der Waals surface area contributed by atoms with Gasteiger partial charge in [0.1, 0.15) is 5.78 Å². The number of carbonyl (C=O) groups is 1. The molecular weight excluding hydrogens is 290 g/mol. The molecule has 1 fully saturated rings. The number of ketones is 1. The number of hydrogen-bond acceptors (Lipinski definition) is 4. The number of hydrogen-bond donors (Lipinski definition) is 0. The van der Waals surface area contributed by atoms with Gasteiger partial charge >= 0.3 is 0 Å². The monoisotopic (exact) mass is 317 g/mol. The lowest BCUT2D eigenvalue weighted by molar-refractivity contribution is -0.125. The van der Waals surface area contributed by atoms with Crippen molar-refractivity contribution in [2.75, 3.05) is 27.3 Å². The fourth-order valence-electron chi connectivity index (χ4n) is 4.35. The molecule has 3 unspecified atom stereocenters. The molecule has 1 saturated heterocycles. The van der Waals surface area contributed by atoms with Gasteiger partial charge in [-0.25, -0.2) is 0 Å². The minimum atomic E-state index is 0.181. The summed E-state index contributed by atoms with van der Waals surface area (Å²) in [5.74, 6) is 2.59. The number of carbonyl (C=O) groups excluding carboxylic acids is 1. The third kappa shape index (κ3) is 2.85. The van der Waals surface area contributed by atoms with Gasteiger partial charge in [0.15, 0.2) is 11.5 Å². The Balaban J connectivity index is 1.97. The third-order valence-electron chi connectivity index (χ3n) is 5.68. The van der Waals surface area contributed by atoms with Gasteiger partial charge in [-0.15, -0.1) is 0 Å². The van der Waals surface area contributed by atoms with Crippen molar-refractivity contribution in [2.24, 2.45) is 11.8 Å². The van der Waals surface area contributed by atoms with Crippen LogP contribution in [0.4, 0.5) is 0 Å². The molecule has 126 valence electrons. The molecule has 0 aromatic heterocycles. The fourth-order valence-corrected chi connectivity index (χ4v) is 4.35. The maximum absolute atomic E-state index is 12.1. The maximum atomic E-state index is 12.1. The summed E-state index contributed by atoms with van der Waals surface area (Å²) in [6.07, 6.45) is 3.04. The van der Waals surface area contributed by atoms with E-state index in [2.05, 4.69) is 24.0 Å². The standard InChI is InChI=1S/C19H27NO3/c1-5-13-11-20-7-6-14-8-18(22-3)19(23-4)10-16(14)17(20)9-15(13)12(2)21/h8,10,13,15,17H,5-7,9,11H2,1-4H3. The van der Waals surface area contributed by atoms with Crippen LogP contribution in [0.2, 0.25) is 0 Å². The average Bonchev–Trinajstić information content (AvgIpc) is 2.58. The number of methoxy groups -OCH3 is 2. The number of piperidine rings is 1. The van der Waals surface area contributed by atoms with Gasteiger partial charge in [0.2, 0.25) is 0 Å². The smallest absolute Gasteiger partial charge is 0.161 e. The van der Waals surface area contributed by atoms with Crippen molar-refractivity contribution in [1.29, 1.82) is 0 Å². The largest absolute Gasteiger partial charge is 0.493 e. The molecule has 1 aromatic carbocycles. The first-order chi connectivity index (χ1) is 11.1. The lowest BCUT2D eigenvalue weighted by Crippen LogP contribution is -2.47. The lowest BCUT2D eigenvalue weighted by atomic mass is 9.74. The van der Waals surface area contributed by atoms with Crippen LogP contribution in [0.5, 0.6) is 11.5 Å². The minimum Gasteiger partial charge on any atom is -0.493 e. The molecule has 0 spiro atoms. The van der Waals surface area contributed by atoms with Crippen LogP contribution in [0.3, 0.4) is 0 Å². The van der Waals surface area contributed by atoms with Crippen LogP contribution in [-0.4, -0.2) is 38.0 Å². The highest BCUT2D eigenvalue weighted by Crippen LogP contribution is 2.45. The summed E-state index contributed by atoms with van der Waals surface area (Å²) in [5.41, 5.74) is 2.65. The van der Waals surface area contributed by atoms with Gasteiger partial charge in [-0.2, -0.15) is 0 Å². The van der Waals surface area contributed by atoms with Crippen LogP contribution < -0.4 is 9.47 Å². The Kier molecular flexibility index (Phi) is 4.62. The molecule has 0 N–H and O–H groups in total. The Morgan fingerprint density at radius 3 is 2.57 bits per heavy atom. The van der Waals surface area contributed by atoms with Crippen LogP contribution in [0.1, 0.15) is 43.9 Å². The second kappa shape index (κ2) is 6.52. The molecule has 0 saturated carbocycles. The van der Waals surface area contributed by atoms with E-state index in [1.807, 2.05) is 0 Å². The second-order valence-corrected chi connectivity index (χ2v) is 6.79. The quantitative estimate of drug-likeness (QED) is 0.854. The molecule has 4 heteroatoms. The predicted molar refractivity (Wildman–Crippen MR) is 90.1 cm³/mol.